The standard InChI is InChI=1S/C12H21N3O4S/c1-5-7-15(9-12(16)19-4)20(17,18)11-8-14(6-2)10(3)13-11/h8H,5-7,9H2,1-4H3. The second kappa shape index (κ2) is 6.85. The molecule has 0 radical (unpaired) electrons. The normalized spacial score (nSPS) is 11.8. The summed E-state index contributed by atoms with van der Waals surface area (Å²) in [4.78, 5) is 15.4. The first-order valence-electron chi connectivity index (χ1n) is 6.47. The van der Waals surface area contributed by atoms with E-state index in [9.17, 15) is 13.2 Å². The van der Waals surface area contributed by atoms with Crippen molar-refractivity contribution in [3.63, 3.8) is 0 Å². The molecule has 0 unspecified atom stereocenters. The number of ether oxygens (including phenoxy) is 1. The molecule has 0 aliphatic rings. The Hall–Kier alpha value is -1.41. The monoisotopic (exact) mass is 303 g/mol. The molecule has 0 amide bonds. The summed E-state index contributed by atoms with van der Waals surface area (Å²) in [6, 6.07) is 0. The number of hydrogen-bond donors (Lipinski definition) is 0. The Morgan fingerprint density at radius 3 is 2.55 bits per heavy atom. The lowest BCUT2D eigenvalue weighted by molar-refractivity contribution is -0.140. The van der Waals surface area contributed by atoms with Crippen molar-refractivity contribution in [2.24, 2.45) is 0 Å². The van der Waals surface area contributed by atoms with E-state index in [1.165, 1.54) is 13.3 Å². The number of esters is 1. The van der Waals surface area contributed by atoms with Crippen molar-refractivity contribution in [2.45, 2.75) is 38.8 Å². The fraction of sp³-hybridized carbons (Fsp3) is 0.667. The van der Waals surface area contributed by atoms with Crippen molar-refractivity contribution < 1.29 is 17.9 Å². The molecular formula is C12H21N3O4S. The highest BCUT2D eigenvalue weighted by molar-refractivity contribution is 7.89. The Morgan fingerprint density at radius 1 is 1.45 bits per heavy atom. The average Bonchev–Trinajstić information content (AvgIpc) is 2.79. The highest BCUT2D eigenvalue weighted by Crippen LogP contribution is 2.15. The zero-order valence-corrected chi connectivity index (χ0v) is 13.1. The van der Waals surface area contributed by atoms with Crippen LogP contribution in [0.15, 0.2) is 11.2 Å². The van der Waals surface area contributed by atoms with Crippen LogP contribution in [0.4, 0.5) is 0 Å². The van der Waals surface area contributed by atoms with E-state index in [-0.39, 0.29) is 18.1 Å². The van der Waals surface area contributed by atoms with Gasteiger partial charge in [-0.2, -0.15) is 4.31 Å². The molecule has 0 saturated heterocycles. The van der Waals surface area contributed by atoms with Gasteiger partial charge in [-0.3, -0.25) is 4.79 Å². The van der Waals surface area contributed by atoms with Gasteiger partial charge in [0.15, 0.2) is 5.03 Å². The number of aryl methyl sites for hydroxylation is 2. The molecule has 1 aromatic rings. The molecule has 0 fully saturated rings. The summed E-state index contributed by atoms with van der Waals surface area (Å²) in [5.41, 5.74) is 0. The Kier molecular flexibility index (Phi) is 5.70. The van der Waals surface area contributed by atoms with Gasteiger partial charge in [0.25, 0.3) is 10.0 Å². The van der Waals surface area contributed by atoms with Crippen molar-refractivity contribution in [1.29, 1.82) is 0 Å². The molecule has 0 aliphatic heterocycles. The van der Waals surface area contributed by atoms with Crippen LogP contribution in [0.1, 0.15) is 26.1 Å². The van der Waals surface area contributed by atoms with Crippen molar-refractivity contribution in [3.8, 4) is 0 Å². The fourth-order valence-corrected chi connectivity index (χ4v) is 3.27. The Balaban J connectivity index is 3.11. The minimum atomic E-state index is -3.78. The minimum Gasteiger partial charge on any atom is -0.468 e. The van der Waals surface area contributed by atoms with Crippen LogP contribution in [0.5, 0.6) is 0 Å². The Labute approximate surface area is 119 Å². The number of hydrogen-bond acceptors (Lipinski definition) is 5. The van der Waals surface area contributed by atoms with E-state index in [4.69, 9.17) is 0 Å². The molecule has 1 heterocycles. The minimum absolute atomic E-state index is 0.0331. The summed E-state index contributed by atoms with van der Waals surface area (Å²) < 4.78 is 32.4. The van der Waals surface area contributed by atoms with Gasteiger partial charge in [0.05, 0.1) is 7.11 Å². The van der Waals surface area contributed by atoms with Gasteiger partial charge in [0, 0.05) is 19.3 Å². The van der Waals surface area contributed by atoms with Crippen LogP contribution in [-0.4, -0.2) is 48.4 Å². The van der Waals surface area contributed by atoms with E-state index < -0.39 is 16.0 Å². The third-order valence-corrected chi connectivity index (χ3v) is 4.62. The smallest absolute Gasteiger partial charge is 0.321 e. The van der Waals surface area contributed by atoms with Gasteiger partial charge < -0.3 is 9.30 Å². The number of methoxy groups -OCH3 is 1. The third kappa shape index (κ3) is 3.57. The molecule has 0 bridgehead atoms. The zero-order chi connectivity index (χ0) is 15.3. The van der Waals surface area contributed by atoms with Gasteiger partial charge in [0.2, 0.25) is 0 Å². The molecule has 0 aliphatic carbocycles. The van der Waals surface area contributed by atoms with E-state index in [1.807, 2.05) is 13.8 Å². The summed E-state index contributed by atoms with van der Waals surface area (Å²) in [6.07, 6.45) is 2.09. The van der Waals surface area contributed by atoms with Crippen LogP contribution >= 0.6 is 0 Å². The molecule has 0 spiro atoms. The van der Waals surface area contributed by atoms with E-state index in [2.05, 4.69) is 9.72 Å². The van der Waals surface area contributed by atoms with Crippen molar-refractivity contribution in [2.75, 3.05) is 20.2 Å². The first-order chi connectivity index (χ1) is 9.36. The lowest BCUT2D eigenvalue weighted by Crippen LogP contribution is -2.37. The molecule has 8 heteroatoms. The topological polar surface area (TPSA) is 81.5 Å². The molecule has 20 heavy (non-hydrogen) atoms. The summed E-state index contributed by atoms with van der Waals surface area (Å²) in [6.45, 7) is 6.07. The van der Waals surface area contributed by atoms with Crippen LogP contribution in [0.3, 0.4) is 0 Å². The van der Waals surface area contributed by atoms with Crippen LogP contribution in [0.25, 0.3) is 0 Å². The molecule has 0 N–H and O–H groups in total. The lowest BCUT2D eigenvalue weighted by atomic mass is 10.5. The maximum atomic E-state index is 12.5. The summed E-state index contributed by atoms with van der Waals surface area (Å²) in [5, 5.41) is -0.0331. The second-order valence-corrected chi connectivity index (χ2v) is 6.21. The van der Waals surface area contributed by atoms with Crippen LogP contribution in [0.2, 0.25) is 0 Å². The molecule has 0 atom stereocenters. The molecule has 1 aromatic heterocycles. The SMILES string of the molecule is CCCN(CC(=O)OC)S(=O)(=O)c1cn(CC)c(C)n1. The van der Waals surface area contributed by atoms with Crippen LogP contribution in [0, 0.1) is 6.92 Å². The number of aromatic nitrogens is 2. The van der Waals surface area contributed by atoms with Crippen molar-refractivity contribution in [3.05, 3.63) is 12.0 Å². The Bertz CT molecular complexity index is 565. The molecule has 114 valence electrons. The highest BCUT2D eigenvalue weighted by atomic mass is 32.2. The summed E-state index contributed by atoms with van der Waals surface area (Å²) in [5.74, 6) is 0.0364. The van der Waals surface area contributed by atoms with E-state index in [1.54, 1.807) is 11.5 Å². The second-order valence-electron chi connectivity index (χ2n) is 4.33. The Morgan fingerprint density at radius 2 is 2.10 bits per heavy atom. The maximum absolute atomic E-state index is 12.5. The van der Waals surface area contributed by atoms with E-state index >= 15 is 0 Å². The van der Waals surface area contributed by atoms with Gasteiger partial charge in [0.1, 0.15) is 12.4 Å². The molecule has 0 aromatic carbocycles. The molecule has 0 saturated carbocycles. The number of imidazole rings is 1. The number of sulfonamides is 1. The summed E-state index contributed by atoms with van der Waals surface area (Å²) >= 11 is 0. The fourth-order valence-electron chi connectivity index (χ4n) is 1.80. The van der Waals surface area contributed by atoms with Gasteiger partial charge in [-0.1, -0.05) is 6.92 Å². The first-order valence-corrected chi connectivity index (χ1v) is 7.91. The quantitative estimate of drug-likeness (QED) is 0.695. The van der Waals surface area contributed by atoms with Crippen LogP contribution in [-0.2, 0) is 26.1 Å². The van der Waals surface area contributed by atoms with Gasteiger partial charge in [-0.15, -0.1) is 0 Å². The average molecular weight is 303 g/mol. The summed E-state index contributed by atoms with van der Waals surface area (Å²) in [7, 11) is -2.55. The first kappa shape index (κ1) is 16.6. The van der Waals surface area contributed by atoms with Gasteiger partial charge >= 0.3 is 5.97 Å². The largest absolute Gasteiger partial charge is 0.468 e. The molecule has 1 rings (SSSR count). The van der Waals surface area contributed by atoms with E-state index in [0.717, 1.165) is 4.31 Å². The molecular weight excluding hydrogens is 282 g/mol. The van der Waals surface area contributed by atoms with Crippen molar-refractivity contribution >= 4 is 16.0 Å². The number of carbonyl (C=O) groups is 1. The zero-order valence-electron chi connectivity index (χ0n) is 12.3. The lowest BCUT2D eigenvalue weighted by Gasteiger charge is -2.18. The number of nitrogens with zero attached hydrogens (tertiary/aromatic N) is 3. The number of rotatable bonds is 7. The number of carbonyl (C=O) groups excluding carboxylic acids is 1. The molecule has 7 nitrogen and oxygen atoms in total. The van der Waals surface area contributed by atoms with Gasteiger partial charge in [-0.25, -0.2) is 13.4 Å². The van der Waals surface area contributed by atoms with E-state index in [0.29, 0.717) is 18.8 Å². The maximum Gasteiger partial charge on any atom is 0.321 e. The third-order valence-electron chi connectivity index (χ3n) is 2.90. The van der Waals surface area contributed by atoms with Crippen LogP contribution < -0.4 is 0 Å². The predicted octanol–water partition coefficient (Wildman–Crippen LogP) is 0.785. The van der Waals surface area contributed by atoms with Crippen molar-refractivity contribution in [1.82, 2.24) is 13.9 Å². The van der Waals surface area contributed by atoms with Gasteiger partial charge in [-0.05, 0) is 20.3 Å². The predicted molar refractivity (Wildman–Crippen MR) is 73.7 cm³/mol. The highest BCUT2D eigenvalue weighted by Gasteiger charge is 2.29.